The highest BCUT2D eigenvalue weighted by atomic mass is 28.3. The van der Waals surface area contributed by atoms with Gasteiger partial charge in [0.25, 0.3) is 0 Å². The number of amides is 1. The molecule has 0 aliphatic carbocycles. The van der Waals surface area contributed by atoms with Gasteiger partial charge < -0.3 is 19.9 Å². The summed E-state index contributed by atoms with van der Waals surface area (Å²) >= 11 is 0. The lowest BCUT2D eigenvalue weighted by atomic mass is 10.0. The van der Waals surface area contributed by atoms with Crippen molar-refractivity contribution in [1.29, 1.82) is 0 Å². The second kappa shape index (κ2) is 9.42. The normalized spacial score (nSPS) is 13.4. The van der Waals surface area contributed by atoms with Gasteiger partial charge in [0.15, 0.2) is 6.10 Å². The largest absolute Gasteiger partial charge is 0.467 e. The Morgan fingerprint density at radius 1 is 1.37 bits per heavy atom. The van der Waals surface area contributed by atoms with Crippen molar-refractivity contribution in [2.45, 2.75) is 37.8 Å². The van der Waals surface area contributed by atoms with Crippen molar-refractivity contribution in [3.8, 4) is 0 Å². The predicted molar refractivity (Wildman–Crippen MR) is 96.5 cm³/mol. The van der Waals surface area contributed by atoms with Gasteiger partial charge in [-0.2, -0.15) is 4.39 Å². The molecule has 1 aromatic carbocycles. The average molecular weight is 402 g/mol. The van der Waals surface area contributed by atoms with Crippen molar-refractivity contribution in [3.63, 3.8) is 0 Å². The van der Waals surface area contributed by atoms with E-state index in [1.165, 1.54) is 0 Å². The molecule has 0 aromatic heterocycles. The molecule has 0 bridgehead atoms. The van der Waals surface area contributed by atoms with Crippen molar-refractivity contribution in [2.75, 3.05) is 13.7 Å². The van der Waals surface area contributed by atoms with Crippen molar-refractivity contribution in [2.24, 2.45) is 0 Å². The van der Waals surface area contributed by atoms with Crippen LogP contribution in [0.25, 0.3) is 0 Å². The third kappa shape index (κ3) is 6.94. The lowest BCUT2D eigenvalue weighted by Gasteiger charge is -2.23. The van der Waals surface area contributed by atoms with Crippen LogP contribution in [0.15, 0.2) is 18.2 Å². The Balaban J connectivity index is 3.01. The van der Waals surface area contributed by atoms with Gasteiger partial charge in [0, 0.05) is 14.1 Å². The molecule has 0 radical (unpaired) electrons. The Labute approximate surface area is 156 Å². The number of carbonyl (C=O) groups is 2. The minimum absolute atomic E-state index is 0.0573. The number of nitro benzene ring substituents is 1. The Morgan fingerprint density at radius 3 is 2.48 bits per heavy atom. The van der Waals surface area contributed by atoms with E-state index in [-0.39, 0.29) is 12.2 Å². The highest BCUT2D eigenvalue weighted by molar-refractivity contribution is 6.76. The molecule has 0 unspecified atom stereocenters. The average Bonchev–Trinajstić information content (AvgIpc) is 2.56. The van der Waals surface area contributed by atoms with Crippen LogP contribution in [-0.4, -0.2) is 50.0 Å². The van der Waals surface area contributed by atoms with Gasteiger partial charge in [-0.1, -0.05) is 19.6 Å². The molecule has 1 aromatic rings. The first-order valence-electron chi connectivity index (χ1n) is 8.09. The number of aliphatic hydroxyl groups excluding tert-OH is 1. The fourth-order valence-electron chi connectivity index (χ4n) is 2.08. The summed E-state index contributed by atoms with van der Waals surface area (Å²) in [5, 5.41) is 23.1. The number of halogens is 1. The van der Waals surface area contributed by atoms with E-state index in [0.29, 0.717) is 6.04 Å². The lowest BCUT2D eigenvalue weighted by molar-refractivity contribution is -0.387. The predicted octanol–water partition coefficient (Wildman–Crippen LogP) is 2.37. The Morgan fingerprint density at radius 2 is 2.00 bits per heavy atom. The fourth-order valence-corrected chi connectivity index (χ4v) is 2.80. The van der Waals surface area contributed by atoms with E-state index < -0.39 is 48.7 Å². The molecule has 0 saturated heterocycles. The van der Waals surface area contributed by atoms with E-state index in [1.54, 1.807) is 0 Å². The van der Waals surface area contributed by atoms with E-state index >= 15 is 0 Å². The maximum Gasteiger partial charge on any atom is 0.407 e. The molecule has 1 amide bonds. The first-order chi connectivity index (χ1) is 12.5. The van der Waals surface area contributed by atoms with Gasteiger partial charge in [-0.25, -0.2) is 9.59 Å². The van der Waals surface area contributed by atoms with Crippen molar-refractivity contribution < 1.29 is 33.5 Å². The number of aliphatic hydroxyl groups is 1. The van der Waals surface area contributed by atoms with Gasteiger partial charge in [0.2, 0.25) is 5.82 Å². The number of benzene rings is 1. The van der Waals surface area contributed by atoms with Crippen molar-refractivity contribution in [3.05, 3.63) is 39.7 Å². The first kappa shape index (κ1) is 22.5. The van der Waals surface area contributed by atoms with Crippen LogP contribution in [0.2, 0.25) is 25.7 Å². The van der Waals surface area contributed by atoms with Crippen molar-refractivity contribution >= 4 is 25.8 Å². The number of carbonyl (C=O) groups excluding carboxylic acids is 2. The van der Waals surface area contributed by atoms with E-state index in [9.17, 15) is 29.2 Å². The summed E-state index contributed by atoms with van der Waals surface area (Å²) in [4.78, 5) is 33.5. The number of nitrogens with zero attached hydrogens (tertiary/aromatic N) is 1. The maximum absolute atomic E-state index is 13.9. The number of methoxy groups -OCH3 is 1. The molecular formula is C16H23FN2O7Si. The first-order valence-corrected chi connectivity index (χ1v) is 11.8. The van der Waals surface area contributed by atoms with Gasteiger partial charge in [0.1, 0.15) is 0 Å². The standard InChI is InChI=1S/C16H23FN2O7Si/c1-25-15(21)14(20)13(18-16(22)26-7-8-27(2,3)4)10-5-6-12(19(23)24)11(17)9-10/h5-6,9,13-14,20H,7-8H2,1-4H3,(H,18,22)/t13-,14+/m1/s1. The smallest absolute Gasteiger partial charge is 0.407 e. The summed E-state index contributed by atoms with van der Waals surface area (Å²) < 4.78 is 23.4. The minimum Gasteiger partial charge on any atom is -0.467 e. The summed E-state index contributed by atoms with van der Waals surface area (Å²) in [7, 11) is -0.407. The number of esters is 1. The van der Waals surface area contributed by atoms with Crippen LogP contribution in [0.3, 0.4) is 0 Å². The lowest BCUT2D eigenvalue weighted by Crippen LogP contribution is -2.41. The number of alkyl carbamates (subject to hydrolysis) is 1. The summed E-state index contributed by atoms with van der Waals surface area (Å²) in [6.07, 6.45) is -2.78. The molecule has 0 heterocycles. The molecular weight excluding hydrogens is 379 g/mol. The molecule has 2 N–H and O–H groups in total. The zero-order valence-electron chi connectivity index (χ0n) is 15.5. The summed E-state index contributed by atoms with van der Waals surface area (Å²) in [5.74, 6) is -2.24. The maximum atomic E-state index is 13.9. The van der Waals surface area contributed by atoms with Gasteiger partial charge in [-0.3, -0.25) is 10.1 Å². The molecule has 150 valence electrons. The third-order valence-electron chi connectivity index (χ3n) is 3.64. The number of rotatable bonds is 8. The van der Waals surface area contributed by atoms with Crippen LogP contribution < -0.4 is 5.32 Å². The second-order valence-electron chi connectivity index (χ2n) is 7.00. The fraction of sp³-hybridized carbons (Fsp3) is 0.500. The molecule has 2 atom stereocenters. The van der Waals surface area contributed by atoms with Crippen LogP contribution in [-0.2, 0) is 14.3 Å². The topological polar surface area (TPSA) is 128 Å². The van der Waals surface area contributed by atoms with Crippen LogP contribution in [0.1, 0.15) is 11.6 Å². The minimum atomic E-state index is -1.86. The molecule has 0 aliphatic heterocycles. The van der Waals surface area contributed by atoms with E-state index in [1.807, 2.05) is 0 Å². The molecule has 0 saturated carbocycles. The van der Waals surface area contributed by atoms with E-state index in [2.05, 4.69) is 29.7 Å². The highest BCUT2D eigenvalue weighted by Gasteiger charge is 2.32. The number of hydrogen-bond acceptors (Lipinski definition) is 7. The van der Waals surface area contributed by atoms with Gasteiger partial charge in [0.05, 0.1) is 24.7 Å². The quantitative estimate of drug-likeness (QED) is 0.296. The molecule has 1 rings (SSSR count). The Bertz CT molecular complexity index is 708. The molecule has 0 aliphatic rings. The zero-order valence-corrected chi connectivity index (χ0v) is 16.5. The SMILES string of the molecule is COC(=O)[C@@H](O)[C@H](NC(=O)OCC[Si](C)(C)C)c1ccc([N+](=O)[O-])c(F)c1. The van der Waals surface area contributed by atoms with Crippen LogP contribution in [0.4, 0.5) is 14.9 Å². The number of hydrogen-bond donors (Lipinski definition) is 2. The van der Waals surface area contributed by atoms with Gasteiger partial charge in [-0.15, -0.1) is 0 Å². The van der Waals surface area contributed by atoms with Crippen LogP contribution >= 0.6 is 0 Å². The van der Waals surface area contributed by atoms with Crippen LogP contribution in [0, 0.1) is 15.9 Å². The molecule has 11 heteroatoms. The number of nitrogens with one attached hydrogen (secondary N) is 1. The highest BCUT2D eigenvalue weighted by Crippen LogP contribution is 2.24. The zero-order chi connectivity index (χ0) is 20.8. The monoisotopic (exact) mass is 402 g/mol. The number of ether oxygens (including phenoxy) is 2. The summed E-state index contributed by atoms with van der Waals surface area (Å²) in [6, 6.07) is 2.06. The molecule has 9 nitrogen and oxygen atoms in total. The van der Waals surface area contributed by atoms with Crippen LogP contribution in [0.5, 0.6) is 0 Å². The Kier molecular flexibility index (Phi) is 7.85. The third-order valence-corrected chi connectivity index (χ3v) is 5.35. The van der Waals surface area contributed by atoms with E-state index in [4.69, 9.17) is 4.74 Å². The Hall–Kier alpha value is -2.53. The molecule has 0 spiro atoms. The van der Waals surface area contributed by atoms with Gasteiger partial charge in [-0.05, 0) is 23.7 Å². The second-order valence-corrected chi connectivity index (χ2v) is 12.6. The van der Waals surface area contributed by atoms with Crippen molar-refractivity contribution in [1.82, 2.24) is 5.32 Å². The molecule has 0 fully saturated rings. The number of nitro groups is 1. The molecule has 27 heavy (non-hydrogen) atoms. The summed E-state index contributed by atoms with van der Waals surface area (Å²) in [5.41, 5.74) is -0.832. The van der Waals surface area contributed by atoms with Gasteiger partial charge >= 0.3 is 17.7 Å². The summed E-state index contributed by atoms with van der Waals surface area (Å²) in [6.45, 7) is 6.43. The van der Waals surface area contributed by atoms with E-state index in [0.717, 1.165) is 25.3 Å².